The van der Waals surface area contributed by atoms with Gasteiger partial charge < -0.3 is 5.32 Å². The van der Waals surface area contributed by atoms with Gasteiger partial charge in [0, 0.05) is 11.4 Å². The summed E-state index contributed by atoms with van der Waals surface area (Å²) in [6.45, 7) is 1.58. The number of halogens is 2. The summed E-state index contributed by atoms with van der Waals surface area (Å²) < 4.78 is 25.4. The fraction of sp³-hybridized carbons (Fsp3) is 0.143. The van der Waals surface area contributed by atoms with E-state index in [9.17, 15) is 8.42 Å². The Morgan fingerprint density at radius 1 is 1.00 bits per heavy atom. The smallest absolute Gasteiger partial charge is 0.232 e. The van der Waals surface area contributed by atoms with Gasteiger partial charge in [0.25, 0.3) is 0 Å². The maximum Gasteiger partial charge on any atom is 0.232 e. The van der Waals surface area contributed by atoms with Gasteiger partial charge in [0.2, 0.25) is 10.0 Å². The van der Waals surface area contributed by atoms with E-state index in [1.165, 1.54) is 0 Å². The molecule has 2 aromatic carbocycles. The molecule has 2 aromatic rings. The molecule has 21 heavy (non-hydrogen) atoms. The minimum absolute atomic E-state index is 0.0329. The van der Waals surface area contributed by atoms with Crippen LogP contribution in [0.3, 0.4) is 0 Å². The Balaban J connectivity index is 2.15. The maximum atomic E-state index is 11.5. The van der Waals surface area contributed by atoms with Crippen LogP contribution in [0.15, 0.2) is 42.5 Å². The summed E-state index contributed by atoms with van der Waals surface area (Å²) in [5.41, 5.74) is 1.98. The van der Waals surface area contributed by atoms with Gasteiger partial charge in [0.1, 0.15) is 0 Å². The molecule has 0 atom stereocenters. The van der Waals surface area contributed by atoms with Crippen molar-refractivity contribution in [2.45, 2.75) is 6.92 Å². The Bertz CT molecular complexity index is 731. The van der Waals surface area contributed by atoms with Gasteiger partial charge in [0.15, 0.2) is 0 Å². The number of sulfonamides is 1. The molecule has 0 aliphatic carbocycles. The summed E-state index contributed by atoms with van der Waals surface area (Å²) in [6.07, 6.45) is 0. The molecule has 0 saturated carbocycles. The van der Waals surface area contributed by atoms with Crippen LogP contribution < -0.4 is 10.0 Å². The number of rotatable bonds is 5. The van der Waals surface area contributed by atoms with E-state index in [0.717, 1.165) is 5.69 Å². The molecule has 0 aliphatic heterocycles. The van der Waals surface area contributed by atoms with Crippen LogP contribution in [-0.4, -0.2) is 14.2 Å². The molecule has 0 heterocycles. The SMILES string of the molecule is CCS(=O)(=O)Nc1ccc(Nc2cccc(Cl)c2Cl)cc1. The summed E-state index contributed by atoms with van der Waals surface area (Å²) in [7, 11) is -3.27. The molecule has 0 radical (unpaired) electrons. The van der Waals surface area contributed by atoms with Crippen molar-refractivity contribution in [1.82, 2.24) is 0 Å². The predicted octanol–water partition coefficient (Wildman–Crippen LogP) is 4.50. The van der Waals surface area contributed by atoms with Crippen molar-refractivity contribution < 1.29 is 8.42 Å². The molecule has 4 nitrogen and oxygen atoms in total. The molecule has 2 rings (SSSR count). The molecular formula is C14H14Cl2N2O2S. The topological polar surface area (TPSA) is 58.2 Å². The number of nitrogens with one attached hydrogen (secondary N) is 2. The van der Waals surface area contributed by atoms with Crippen molar-refractivity contribution in [2.24, 2.45) is 0 Å². The maximum absolute atomic E-state index is 11.5. The molecular weight excluding hydrogens is 331 g/mol. The van der Waals surface area contributed by atoms with Crippen molar-refractivity contribution in [3.63, 3.8) is 0 Å². The lowest BCUT2D eigenvalue weighted by Gasteiger charge is -2.11. The average molecular weight is 345 g/mol. The zero-order valence-corrected chi connectivity index (χ0v) is 13.6. The van der Waals surface area contributed by atoms with Gasteiger partial charge in [-0.2, -0.15) is 0 Å². The van der Waals surface area contributed by atoms with Crippen LogP contribution in [0.5, 0.6) is 0 Å². The molecule has 0 unspecified atom stereocenters. The highest BCUT2D eigenvalue weighted by atomic mass is 35.5. The van der Waals surface area contributed by atoms with Crippen LogP contribution in [0.2, 0.25) is 10.0 Å². The van der Waals surface area contributed by atoms with Crippen LogP contribution in [0.25, 0.3) is 0 Å². The molecule has 0 spiro atoms. The van der Waals surface area contributed by atoms with Gasteiger partial charge in [-0.05, 0) is 43.3 Å². The van der Waals surface area contributed by atoms with E-state index in [2.05, 4.69) is 10.0 Å². The predicted molar refractivity (Wildman–Crippen MR) is 89.3 cm³/mol. The van der Waals surface area contributed by atoms with Crippen LogP contribution in [0.1, 0.15) is 6.92 Å². The third-order valence-corrected chi connectivity index (χ3v) is 4.89. The van der Waals surface area contributed by atoms with Crippen LogP contribution >= 0.6 is 23.2 Å². The molecule has 112 valence electrons. The Kier molecular flexibility index (Phi) is 4.98. The molecule has 0 saturated heterocycles. The van der Waals surface area contributed by atoms with Crippen molar-refractivity contribution in [3.05, 3.63) is 52.5 Å². The Morgan fingerprint density at radius 3 is 2.24 bits per heavy atom. The van der Waals surface area contributed by atoms with Crippen LogP contribution in [0.4, 0.5) is 17.1 Å². The normalized spacial score (nSPS) is 11.2. The van der Waals surface area contributed by atoms with Gasteiger partial charge >= 0.3 is 0 Å². The first-order valence-electron chi connectivity index (χ1n) is 6.23. The van der Waals surface area contributed by atoms with Crippen molar-refractivity contribution in [3.8, 4) is 0 Å². The fourth-order valence-electron chi connectivity index (χ4n) is 1.63. The molecule has 7 heteroatoms. The van der Waals surface area contributed by atoms with Crippen molar-refractivity contribution in [1.29, 1.82) is 0 Å². The molecule has 0 fully saturated rings. The lowest BCUT2D eigenvalue weighted by molar-refractivity contribution is 0.602. The fourth-order valence-corrected chi connectivity index (χ4v) is 2.62. The molecule has 2 N–H and O–H groups in total. The van der Waals surface area contributed by atoms with E-state index in [0.29, 0.717) is 21.4 Å². The Labute approximate surface area is 134 Å². The van der Waals surface area contributed by atoms with Gasteiger partial charge in [-0.1, -0.05) is 29.3 Å². The molecule has 0 aliphatic rings. The monoisotopic (exact) mass is 344 g/mol. The second kappa shape index (κ2) is 6.56. The number of hydrogen-bond donors (Lipinski definition) is 2. The van der Waals surface area contributed by atoms with Gasteiger partial charge in [-0.15, -0.1) is 0 Å². The Morgan fingerprint density at radius 2 is 1.62 bits per heavy atom. The summed E-state index contributed by atoms with van der Waals surface area (Å²) in [6, 6.07) is 12.2. The molecule has 0 aromatic heterocycles. The standard InChI is InChI=1S/C14H14Cl2N2O2S/c1-2-21(19,20)18-11-8-6-10(7-9-11)17-13-5-3-4-12(15)14(13)16/h3-9,17-18H,2H2,1H3. The van der Waals surface area contributed by atoms with Crippen molar-refractivity contribution in [2.75, 3.05) is 15.8 Å². The Hall–Kier alpha value is -1.43. The van der Waals surface area contributed by atoms with Gasteiger partial charge in [0.05, 0.1) is 21.5 Å². The minimum atomic E-state index is -3.27. The number of hydrogen-bond acceptors (Lipinski definition) is 3. The van der Waals surface area contributed by atoms with E-state index in [4.69, 9.17) is 23.2 Å². The lowest BCUT2D eigenvalue weighted by atomic mass is 10.2. The second-order valence-corrected chi connectivity index (χ2v) is 7.11. The number of benzene rings is 2. The zero-order chi connectivity index (χ0) is 15.5. The third-order valence-electron chi connectivity index (χ3n) is 2.77. The summed E-state index contributed by atoms with van der Waals surface area (Å²) in [5.74, 6) is 0.0329. The quantitative estimate of drug-likeness (QED) is 0.839. The van der Waals surface area contributed by atoms with E-state index < -0.39 is 10.0 Å². The highest BCUT2D eigenvalue weighted by Gasteiger charge is 2.07. The van der Waals surface area contributed by atoms with E-state index >= 15 is 0 Å². The molecule has 0 amide bonds. The van der Waals surface area contributed by atoms with Gasteiger partial charge in [-0.25, -0.2) is 8.42 Å². The van der Waals surface area contributed by atoms with Gasteiger partial charge in [-0.3, -0.25) is 4.72 Å². The van der Waals surface area contributed by atoms with E-state index in [1.807, 2.05) is 6.07 Å². The summed E-state index contributed by atoms with van der Waals surface area (Å²) >= 11 is 12.0. The first kappa shape index (κ1) is 15.9. The van der Waals surface area contributed by atoms with E-state index in [1.54, 1.807) is 43.3 Å². The first-order chi connectivity index (χ1) is 9.91. The average Bonchev–Trinajstić information content (AvgIpc) is 2.46. The highest BCUT2D eigenvalue weighted by Crippen LogP contribution is 2.31. The minimum Gasteiger partial charge on any atom is -0.354 e. The number of anilines is 3. The third kappa shape index (κ3) is 4.27. The first-order valence-corrected chi connectivity index (χ1v) is 8.63. The van der Waals surface area contributed by atoms with Crippen LogP contribution in [-0.2, 0) is 10.0 Å². The summed E-state index contributed by atoms with van der Waals surface area (Å²) in [4.78, 5) is 0. The van der Waals surface area contributed by atoms with Crippen LogP contribution in [0, 0.1) is 0 Å². The van der Waals surface area contributed by atoms with Crippen molar-refractivity contribution >= 4 is 50.3 Å². The largest absolute Gasteiger partial charge is 0.354 e. The highest BCUT2D eigenvalue weighted by molar-refractivity contribution is 7.92. The lowest BCUT2D eigenvalue weighted by Crippen LogP contribution is -2.14. The zero-order valence-electron chi connectivity index (χ0n) is 11.2. The second-order valence-electron chi connectivity index (χ2n) is 4.31. The molecule has 0 bridgehead atoms. The van der Waals surface area contributed by atoms with E-state index in [-0.39, 0.29) is 5.75 Å². The summed E-state index contributed by atoms with van der Waals surface area (Å²) in [5, 5.41) is 4.03.